The molecule has 11 unspecified atom stereocenters. The largest absolute Gasteiger partial charge is 0.394 e. The van der Waals surface area contributed by atoms with Gasteiger partial charge >= 0.3 is 0 Å². The van der Waals surface area contributed by atoms with Gasteiger partial charge in [-0.25, -0.2) is 0 Å². The SMILES string of the molecule is CCCCC(O)CC1OC(COCC2OC(CO)C(O)C(O)C2O)C(O)C(O)C1O. The van der Waals surface area contributed by atoms with Crippen molar-refractivity contribution in [3.05, 3.63) is 0 Å². The van der Waals surface area contributed by atoms with Crippen LogP contribution in [0.15, 0.2) is 0 Å². The first kappa shape index (κ1) is 25.8. The summed E-state index contributed by atoms with van der Waals surface area (Å²) in [7, 11) is 0. The molecule has 2 aliphatic rings. The molecule has 2 saturated heterocycles. The van der Waals surface area contributed by atoms with Gasteiger partial charge in [0.25, 0.3) is 0 Å². The van der Waals surface area contributed by atoms with Gasteiger partial charge in [0.2, 0.25) is 0 Å². The molecule has 0 aromatic rings. The lowest BCUT2D eigenvalue weighted by Crippen LogP contribution is -2.60. The third-order valence-electron chi connectivity index (χ3n) is 5.76. The highest BCUT2D eigenvalue weighted by molar-refractivity contribution is 4.94. The van der Waals surface area contributed by atoms with Gasteiger partial charge in [-0.2, -0.15) is 0 Å². The summed E-state index contributed by atoms with van der Waals surface area (Å²) in [5.74, 6) is 0. The van der Waals surface area contributed by atoms with Crippen LogP contribution >= 0.6 is 0 Å². The van der Waals surface area contributed by atoms with E-state index >= 15 is 0 Å². The molecule has 0 aromatic heterocycles. The van der Waals surface area contributed by atoms with E-state index in [0.29, 0.717) is 6.42 Å². The fourth-order valence-electron chi connectivity index (χ4n) is 3.80. The molecule has 11 heteroatoms. The Bertz CT molecular complexity index is 493. The fourth-order valence-corrected chi connectivity index (χ4v) is 3.80. The molecule has 2 aliphatic heterocycles. The second kappa shape index (κ2) is 12.0. The molecule has 2 heterocycles. The van der Waals surface area contributed by atoms with Crippen LogP contribution in [-0.4, -0.2) is 128 Å². The summed E-state index contributed by atoms with van der Waals surface area (Å²) in [4.78, 5) is 0. The summed E-state index contributed by atoms with van der Waals surface area (Å²) in [6.45, 7) is 0.970. The third kappa shape index (κ3) is 6.30. The molecule has 0 amide bonds. The summed E-state index contributed by atoms with van der Waals surface area (Å²) < 4.78 is 16.4. The van der Waals surface area contributed by atoms with E-state index in [9.17, 15) is 40.9 Å². The Hall–Kier alpha value is -0.440. The highest BCUT2D eigenvalue weighted by Gasteiger charge is 2.45. The fraction of sp³-hybridized carbons (Fsp3) is 1.00. The quantitative estimate of drug-likeness (QED) is 0.169. The molecule has 2 fully saturated rings. The van der Waals surface area contributed by atoms with Crippen molar-refractivity contribution in [2.45, 2.75) is 99.8 Å². The average molecular weight is 440 g/mol. The number of ether oxygens (including phenoxy) is 3. The van der Waals surface area contributed by atoms with Crippen molar-refractivity contribution >= 4 is 0 Å². The van der Waals surface area contributed by atoms with E-state index in [0.717, 1.165) is 12.8 Å². The molecule has 8 N–H and O–H groups in total. The Morgan fingerprint density at radius 2 is 1.20 bits per heavy atom. The van der Waals surface area contributed by atoms with Crippen molar-refractivity contribution in [1.82, 2.24) is 0 Å². The number of rotatable bonds is 10. The van der Waals surface area contributed by atoms with Crippen LogP contribution < -0.4 is 0 Å². The summed E-state index contributed by atoms with van der Waals surface area (Å²) in [5.41, 5.74) is 0. The molecule has 30 heavy (non-hydrogen) atoms. The molecule has 0 spiro atoms. The zero-order valence-corrected chi connectivity index (χ0v) is 17.1. The Morgan fingerprint density at radius 1 is 0.733 bits per heavy atom. The zero-order chi connectivity index (χ0) is 22.4. The number of aliphatic hydroxyl groups is 8. The molecule has 0 bridgehead atoms. The van der Waals surface area contributed by atoms with Gasteiger partial charge in [0, 0.05) is 6.42 Å². The monoisotopic (exact) mass is 440 g/mol. The minimum Gasteiger partial charge on any atom is -0.394 e. The van der Waals surface area contributed by atoms with E-state index in [1.54, 1.807) is 0 Å². The lowest BCUT2D eigenvalue weighted by Gasteiger charge is -2.42. The van der Waals surface area contributed by atoms with Crippen LogP contribution in [0.5, 0.6) is 0 Å². The van der Waals surface area contributed by atoms with Crippen LogP contribution in [0.25, 0.3) is 0 Å². The molecule has 0 aliphatic carbocycles. The summed E-state index contributed by atoms with van der Waals surface area (Å²) in [6.07, 6.45) is -11.1. The van der Waals surface area contributed by atoms with Crippen molar-refractivity contribution in [1.29, 1.82) is 0 Å². The highest BCUT2D eigenvalue weighted by Crippen LogP contribution is 2.26. The molecule has 0 aromatic carbocycles. The Labute approximate surface area is 175 Å². The van der Waals surface area contributed by atoms with Gasteiger partial charge < -0.3 is 55.1 Å². The van der Waals surface area contributed by atoms with Crippen LogP contribution in [-0.2, 0) is 14.2 Å². The maximum absolute atomic E-state index is 10.2. The lowest BCUT2D eigenvalue weighted by molar-refractivity contribution is -0.253. The Kier molecular flexibility index (Phi) is 10.3. The van der Waals surface area contributed by atoms with Crippen LogP contribution in [0.3, 0.4) is 0 Å². The van der Waals surface area contributed by atoms with Gasteiger partial charge in [0.05, 0.1) is 32.0 Å². The normalized spacial score (nSPS) is 43.5. The molecule has 0 radical (unpaired) electrons. The second-order valence-electron chi connectivity index (χ2n) is 8.12. The van der Waals surface area contributed by atoms with E-state index < -0.39 is 73.8 Å². The van der Waals surface area contributed by atoms with E-state index in [2.05, 4.69) is 0 Å². The third-order valence-corrected chi connectivity index (χ3v) is 5.76. The molecular formula is C19H36O11. The van der Waals surface area contributed by atoms with Crippen molar-refractivity contribution in [2.75, 3.05) is 19.8 Å². The topological polar surface area (TPSA) is 190 Å². The molecule has 178 valence electrons. The molecule has 11 nitrogen and oxygen atoms in total. The number of aliphatic hydroxyl groups excluding tert-OH is 8. The predicted octanol–water partition coefficient (Wildman–Crippen LogP) is -3.36. The van der Waals surface area contributed by atoms with Crippen molar-refractivity contribution in [2.24, 2.45) is 0 Å². The summed E-state index contributed by atoms with van der Waals surface area (Å²) in [6, 6.07) is 0. The highest BCUT2D eigenvalue weighted by atomic mass is 16.6. The van der Waals surface area contributed by atoms with Crippen LogP contribution in [0.4, 0.5) is 0 Å². The first-order chi connectivity index (χ1) is 14.2. The van der Waals surface area contributed by atoms with Gasteiger partial charge in [-0.1, -0.05) is 19.8 Å². The molecule has 0 saturated carbocycles. The molecular weight excluding hydrogens is 404 g/mol. The van der Waals surface area contributed by atoms with Crippen LogP contribution in [0, 0.1) is 0 Å². The maximum atomic E-state index is 10.2. The van der Waals surface area contributed by atoms with Crippen molar-refractivity contribution < 1.29 is 55.1 Å². The smallest absolute Gasteiger partial charge is 0.111 e. The number of hydrogen-bond acceptors (Lipinski definition) is 11. The van der Waals surface area contributed by atoms with E-state index in [-0.39, 0.29) is 19.6 Å². The van der Waals surface area contributed by atoms with E-state index in [1.165, 1.54) is 0 Å². The van der Waals surface area contributed by atoms with E-state index in [1.807, 2.05) is 6.92 Å². The van der Waals surface area contributed by atoms with E-state index in [4.69, 9.17) is 14.2 Å². The summed E-state index contributed by atoms with van der Waals surface area (Å²) >= 11 is 0. The van der Waals surface area contributed by atoms with Gasteiger partial charge in [-0.05, 0) is 6.42 Å². The summed E-state index contributed by atoms with van der Waals surface area (Å²) in [5, 5.41) is 79.4. The Morgan fingerprint density at radius 3 is 1.70 bits per heavy atom. The van der Waals surface area contributed by atoms with Crippen molar-refractivity contribution in [3.63, 3.8) is 0 Å². The number of unbranched alkanes of at least 4 members (excludes halogenated alkanes) is 1. The van der Waals surface area contributed by atoms with Gasteiger partial charge in [0.1, 0.15) is 54.9 Å². The van der Waals surface area contributed by atoms with Crippen LogP contribution in [0.1, 0.15) is 32.6 Å². The van der Waals surface area contributed by atoms with Gasteiger partial charge in [-0.15, -0.1) is 0 Å². The lowest BCUT2D eigenvalue weighted by atomic mass is 9.91. The van der Waals surface area contributed by atoms with Gasteiger partial charge in [0.15, 0.2) is 0 Å². The molecule has 2 rings (SSSR count). The minimum absolute atomic E-state index is 0.0914. The average Bonchev–Trinajstić information content (AvgIpc) is 2.73. The predicted molar refractivity (Wildman–Crippen MR) is 101 cm³/mol. The first-order valence-corrected chi connectivity index (χ1v) is 10.5. The zero-order valence-electron chi connectivity index (χ0n) is 17.1. The van der Waals surface area contributed by atoms with Gasteiger partial charge in [-0.3, -0.25) is 0 Å². The number of hydrogen-bond donors (Lipinski definition) is 8. The molecule has 11 atom stereocenters. The maximum Gasteiger partial charge on any atom is 0.111 e. The first-order valence-electron chi connectivity index (χ1n) is 10.5. The van der Waals surface area contributed by atoms with Crippen LogP contribution in [0.2, 0.25) is 0 Å². The standard InChI is InChI=1S/C19H36O11/c1-2-3-4-9(21)5-10-14(22)18(26)16(24)12(29-10)7-28-8-13-17(25)19(27)15(23)11(6-20)30-13/h9-27H,2-8H2,1H3. The Balaban J connectivity index is 1.88. The minimum atomic E-state index is -1.52. The van der Waals surface area contributed by atoms with Crippen molar-refractivity contribution in [3.8, 4) is 0 Å². The second-order valence-corrected chi connectivity index (χ2v) is 8.12.